The molecule has 2 aliphatic heterocycles. The molecule has 0 saturated carbocycles. The third-order valence-corrected chi connectivity index (χ3v) is 4.17. The number of benzene rings is 1. The van der Waals surface area contributed by atoms with Gasteiger partial charge in [0.15, 0.2) is 5.82 Å². The molecular weight excluding hydrogens is 285 g/mol. The Morgan fingerprint density at radius 3 is 2.85 bits per heavy atom. The Morgan fingerprint density at radius 2 is 2.10 bits per heavy atom. The van der Waals surface area contributed by atoms with E-state index in [9.17, 15) is 9.18 Å². The summed E-state index contributed by atoms with van der Waals surface area (Å²) in [7, 11) is 0. The molecule has 1 unspecified atom stereocenters. The fourth-order valence-electron chi connectivity index (χ4n) is 2.79. The van der Waals surface area contributed by atoms with Crippen molar-refractivity contribution < 1.29 is 9.18 Å². The highest BCUT2D eigenvalue weighted by Gasteiger charge is 2.36. The van der Waals surface area contributed by atoms with E-state index < -0.39 is 5.82 Å². The van der Waals surface area contributed by atoms with Crippen LogP contribution in [0.15, 0.2) is 6.07 Å². The molecule has 2 saturated heterocycles. The predicted octanol–water partition coefficient (Wildman–Crippen LogP) is 0.857. The highest BCUT2D eigenvalue weighted by Crippen LogP contribution is 2.37. The van der Waals surface area contributed by atoms with E-state index in [1.165, 1.54) is 6.07 Å². The zero-order valence-electron chi connectivity index (χ0n) is 10.7. The quantitative estimate of drug-likeness (QED) is 0.671. The van der Waals surface area contributed by atoms with E-state index in [-0.39, 0.29) is 34.2 Å². The topological polar surface area (TPSA) is 87.6 Å². The second kappa shape index (κ2) is 4.59. The van der Waals surface area contributed by atoms with E-state index in [4.69, 9.17) is 23.1 Å². The lowest BCUT2D eigenvalue weighted by Gasteiger charge is -2.38. The van der Waals surface area contributed by atoms with Gasteiger partial charge in [-0.05, 0) is 6.07 Å². The highest BCUT2D eigenvalue weighted by atomic mass is 35.5. The van der Waals surface area contributed by atoms with Crippen LogP contribution in [0.25, 0.3) is 0 Å². The van der Waals surface area contributed by atoms with Crippen LogP contribution in [0, 0.1) is 5.82 Å². The van der Waals surface area contributed by atoms with E-state index in [2.05, 4.69) is 5.32 Å². The second-order valence-corrected chi connectivity index (χ2v) is 5.39. The molecule has 8 heteroatoms. The molecule has 1 aromatic carbocycles. The van der Waals surface area contributed by atoms with Crippen molar-refractivity contribution in [2.75, 3.05) is 42.5 Å². The number of nitrogens with zero attached hydrogens (tertiary/aromatic N) is 2. The standard InChI is InChI=1S/C12H15ClFN5O/c13-9-7(15)3-8(16)11(10(9)14)18-1-2-19-6(5-18)4-17-12(19)20/h3,6H,1-2,4-5,15-16H2,(H,17,20). The minimum atomic E-state index is -0.602. The molecule has 20 heavy (non-hydrogen) atoms. The predicted molar refractivity (Wildman–Crippen MR) is 76.3 cm³/mol. The first kappa shape index (κ1) is 13.1. The molecule has 5 N–H and O–H groups in total. The Labute approximate surface area is 120 Å². The first-order valence-corrected chi connectivity index (χ1v) is 6.69. The van der Waals surface area contributed by atoms with Gasteiger partial charge in [0.05, 0.1) is 23.1 Å². The molecule has 2 aliphatic rings. The van der Waals surface area contributed by atoms with E-state index in [1.807, 2.05) is 4.90 Å². The molecule has 1 aromatic rings. The van der Waals surface area contributed by atoms with Gasteiger partial charge in [0.2, 0.25) is 0 Å². The van der Waals surface area contributed by atoms with Crippen LogP contribution in [0.5, 0.6) is 0 Å². The van der Waals surface area contributed by atoms with Crippen LogP contribution in [0.3, 0.4) is 0 Å². The summed E-state index contributed by atoms with van der Waals surface area (Å²) in [6, 6.07) is 1.41. The van der Waals surface area contributed by atoms with E-state index in [1.54, 1.807) is 4.90 Å². The Balaban J connectivity index is 1.91. The maximum Gasteiger partial charge on any atom is 0.317 e. The minimum Gasteiger partial charge on any atom is -0.397 e. The maximum absolute atomic E-state index is 14.3. The molecule has 0 bridgehead atoms. The summed E-state index contributed by atoms with van der Waals surface area (Å²) in [5, 5.41) is 2.66. The molecule has 2 heterocycles. The molecule has 0 spiro atoms. The van der Waals surface area contributed by atoms with Crippen molar-refractivity contribution in [3.63, 3.8) is 0 Å². The minimum absolute atomic E-state index is 0.0198. The Bertz CT molecular complexity index is 581. The third kappa shape index (κ3) is 1.89. The number of halogens is 2. The molecule has 0 aliphatic carbocycles. The number of nitrogen functional groups attached to an aromatic ring is 2. The summed E-state index contributed by atoms with van der Waals surface area (Å²) < 4.78 is 14.3. The van der Waals surface area contributed by atoms with Crippen molar-refractivity contribution >= 4 is 34.7 Å². The number of nitrogens with one attached hydrogen (secondary N) is 1. The summed E-state index contributed by atoms with van der Waals surface area (Å²) in [5.74, 6) is -0.602. The van der Waals surface area contributed by atoms with Crippen LogP contribution in [0.1, 0.15) is 0 Å². The third-order valence-electron chi connectivity index (χ3n) is 3.79. The molecule has 1 atom stereocenters. The number of piperazine rings is 1. The number of urea groups is 1. The summed E-state index contributed by atoms with van der Waals surface area (Å²) in [6.45, 7) is 2.10. The van der Waals surface area contributed by atoms with Crippen molar-refractivity contribution in [2.24, 2.45) is 0 Å². The number of anilines is 3. The van der Waals surface area contributed by atoms with E-state index in [0.717, 1.165) is 0 Å². The van der Waals surface area contributed by atoms with Crippen molar-refractivity contribution in [3.8, 4) is 0 Å². The molecule has 6 nitrogen and oxygen atoms in total. The van der Waals surface area contributed by atoms with Crippen LogP contribution in [-0.4, -0.2) is 43.2 Å². The van der Waals surface area contributed by atoms with Crippen LogP contribution in [0.4, 0.5) is 26.2 Å². The normalized spacial score (nSPS) is 21.9. The van der Waals surface area contributed by atoms with Crippen LogP contribution < -0.4 is 21.7 Å². The van der Waals surface area contributed by atoms with Gasteiger partial charge in [-0.15, -0.1) is 0 Å². The van der Waals surface area contributed by atoms with Crippen molar-refractivity contribution in [1.82, 2.24) is 10.2 Å². The fourth-order valence-corrected chi connectivity index (χ4v) is 2.93. The van der Waals surface area contributed by atoms with Crippen LogP contribution in [0.2, 0.25) is 5.02 Å². The molecule has 0 aromatic heterocycles. The molecule has 108 valence electrons. The Morgan fingerprint density at radius 1 is 1.35 bits per heavy atom. The van der Waals surface area contributed by atoms with Gasteiger partial charge in [-0.25, -0.2) is 9.18 Å². The van der Waals surface area contributed by atoms with Gasteiger partial charge < -0.3 is 26.6 Å². The number of hydrogen-bond acceptors (Lipinski definition) is 4. The number of rotatable bonds is 1. The Kier molecular flexibility index (Phi) is 3.01. The summed E-state index contributed by atoms with van der Waals surface area (Å²) in [4.78, 5) is 15.1. The first-order chi connectivity index (χ1) is 9.49. The smallest absolute Gasteiger partial charge is 0.317 e. The van der Waals surface area contributed by atoms with Crippen LogP contribution >= 0.6 is 11.6 Å². The van der Waals surface area contributed by atoms with Gasteiger partial charge in [-0.3, -0.25) is 0 Å². The Hall–Kier alpha value is -1.89. The zero-order valence-corrected chi connectivity index (χ0v) is 11.5. The molecular formula is C12H15ClFN5O. The number of carbonyl (C=O) groups excluding carboxylic acids is 1. The lowest BCUT2D eigenvalue weighted by atomic mass is 10.1. The van der Waals surface area contributed by atoms with E-state index in [0.29, 0.717) is 26.2 Å². The monoisotopic (exact) mass is 299 g/mol. The lowest BCUT2D eigenvalue weighted by Crippen LogP contribution is -2.52. The number of carbonyl (C=O) groups is 1. The molecule has 0 radical (unpaired) electrons. The SMILES string of the molecule is Nc1cc(N)c(N2CCN3C(=O)NCC3C2)c(F)c1Cl. The number of nitrogens with two attached hydrogens (primary N) is 2. The van der Waals surface area contributed by atoms with Crippen molar-refractivity contribution in [2.45, 2.75) is 6.04 Å². The second-order valence-electron chi connectivity index (χ2n) is 5.01. The molecule has 2 amide bonds. The van der Waals surface area contributed by atoms with Gasteiger partial charge in [0, 0.05) is 26.2 Å². The zero-order chi connectivity index (χ0) is 14.4. The van der Waals surface area contributed by atoms with Crippen molar-refractivity contribution in [3.05, 3.63) is 16.9 Å². The number of amides is 2. The van der Waals surface area contributed by atoms with E-state index >= 15 is 0 Å². The van der Waals surface area contributed by atoms with Crippen LogP contribution in [-0.2, 0) is 0 Å². The lowest BCUT2D eigenvalue weighted by molar-refractivity contribution is 0.197. The van der Waals surface area contributed by atoms with Gasteiger partial charge in [0.1, 0.15) is 5.02 Å². The summed E-state index contributed by atoms with van der Waals surface area (Å²) in [5.41, 5.74) is 12.1. The largest absolute Gasteiger partial charge is 0.397 e. The average molecular weight is 300 g/mol. The molecule has 3 rings (SSSR count). The van der Waals surface area contributed by atoms with Crippen molar-refractivity contribution in [1.29, 1.82) is 0 Å². The molecule has 2 fully saturated rings. The maximum atomic E-state index is 14.3. The fraction of sp³-hybridized carbons (Fsp3) is 0.417. The number of hydrogen-bond donors (Lipinski definition) is 3. The van der Waals surface area contributed by atoms with Gasteiger partial charge in [-0.1, -0.05) is 11.6 Å². The van der Waals surface area contributed by atoms with Gasteiger partial charge in [-0.2, -0.15) is 0 Å². The number of fused-ring (bicyclic) bond motifs is 1. The average Bonchev–Trinajstić information content (AvgIpc) is 2.78. The highest BCUT2D eigenvalue weighted by molar-refractivity contribution is 6.33. The van der Waals surface area contributed by atoms with Gasteiger partial charge >= 0.3 is 6.03 Å². The summed E-state index contributed by atoms with van der Waals surface area (Å²) >= 11 is 5.85. The summed E-state index contributed by atoms with van der Waals surface area (Å²) in [6.07, 6.45) is 0. The van der Waals surface area contributed by atoms with Gasteiger partial charge in [0.25, 0.3) is 0 Å². The first-order valence-electron chi connectivity index (χ1n) is 6.31.